The van der Waals surface area contributed by atoms with Gasteiger partial charge in [0.25, 0.3) is 0 Å². The maximum absolute atomic E-state index is 6.10. The highest BCUT2D eigenvalue weighted by Crippen LogP contribution is 2.18. The van der Waals surface area contributed by atoms with Gasteiger partial charge in [-0.15, -0.1) is 0 Å². The molecule has 0 amide bonds. The largest absolute Gasteiger partial charge is 0.381 e. The molecule has 1 aromatic rings. The van der Waals surface area contributed by atoms with Gasteiger partial charge < -0.3 is 10.5 Å². The van der Waals surface area contributed by atoms with Crippen LogP contribution < -0.4 is 5.73 Å². The van der Waals surface area contributed by atoms with E-state index in [0.29, 0.717) is 12.0 Å². The first-order chi connectivity index (χ1) is 7.79. The van der Waals surface area contributed by atoms with Gasteiger partial charge in [-0.05, 0) is 30.4 Å². The molecule has 2 rings (SSSR count). The molecule has 0 aliphatic carbocycles. The quantitative estimate of drug-likeness (QED) is 0.845. The van der Waals surface area contributed by atoms with Crippen molar-refractivity contribution in [3.8, 4) is 0 Å². The molecule has 1 aromatic carbocycles. The number of nitrogens with two attached hydrogens (primary N) is 1. The molecule has 1 aliphatic rings. The van der Waals surface area contributed by atoms with Crippen LogP contribution in [-0.4, -0.2) is 19.3 Å². The lowest BCUT2D eigenvalue weighted by Gasteiger charge is -2.28. The predicted octanol–water partition coefficient (Wildman–Crippen LogP) is 2.16. The Morgan fingerprint density at radius 1 is 1.25 bits per heavy atom. The molecular weight excluding hydrogens is 198 g/mol. The topological polar surface area (TPSA) is 35.2 Å². The van der Waals surface area contributed by atoms with Crippen molar-refractivity contribution in [3.63, 3.8) is 0 Å². The summed E-state index contributed by atoms with van der Waals surface area (Å²) in [6.45, 7) is 3.82. The summed E-state index contributed by atoms with van der Waals surface area (Å²) >= 11 is 0. The van der Waals surface area contributed by atoms with Crippen LogP contribution in [0.4, 0.5) is 0 Å². The first kappa shape index (κ1) is 11.6. The number of ether oxygens (including phenoxy) is 1. The number of hydrogen-bond donors (Lipinski definition) is 1. The zero-order chi connectivity index (χ0) is 11.4. The van der Waals surface area contributed by atoms with Gasteiger partial charge in [-0.2, -0.15) is 0 Å². The third kappa shape index (κ3) is 2.83. The molecule has 0 aromatic heterocycles. The first-order valence-electron chi connectivity index (χ1n) is 6.20. The standard InChI is InChI=1S/C14H21NO/c1-2-11-3-5-12(6-4-11)9-13-10-16-8-7-14(13)15/h3-6,13-14H,2,7-10,15H2,1H3. The van der Waals surface area contributed by atoms with Crippen molar-refractivity contribution in [2.45, 2.75) is 32.2 Å². The molecule has 1 saturated heterocycles. The second kappa shape index (κ2) is 5.46. The molecule has 1 heterocycles. The Morgan fingerprint density at radius 2 is 1.94 bits per heavy atom. The lowest BCUT2D eigenvalue weighted by atomic mass is 9.90. The van der Waals surface area contributed by atoms with Crippen LogP contribution in [0.3, 0.4) is 0 Å². The summed E-state index contributed by atoms with van der Waals surface area (Å²) in [7, 11) is 0. The van der Waals surface area contributed by atoms with Crippen LogP contribution in [0.2, 0.25) is 0 Å². The number of rotatable bonds is 3. The Labute approximate surface area is 97.8 Å². The smallest absolute Gasteiger partial charge is 0.0512 e. The zero-order valence-electron chi connectivity index (χ0n) is 9.99. The molecule has 2 heteroatoms. The lowest BCUT2D eigenvalue weighted by Crippen LogP contribution is -2.39. The molecule has 2 unspecified atom stereocenters. The highest BCUT2D eigenvalue weighted by Gasteiger charge is 2.22. The molecule has 16 heavy (non-hydrogen) atoms. The highest BCUT2D eigenvalue weighted by molar-refractivity contribution is 5.23. The van der Waals surface area contributed by atoms with E-state index in [1.807, 2.05) is 0 Å². The van der Waals surface area contributed by atoms with Crippen molar-refractivity contribution < 1.29 is 4.74 Å². The fraction of sp³-hybridized carbons (Fsp3) is 0.571. The molecule has 0 saturated carbocycles. The second-order valence-corrected chi connectivity index (χ2v) is 4.66. The molecule has 1 aliphatic heterocycles. The molecule has 0 bridgehead atoms. The SMILES string of the molecule is CCc1ccc(CC2COCCC2N)cc1. The molecule has 0 radical (unpaired) electrons. The monoisotopic (exact) mass is 219 g/mol. The van der Waals surface area contributed by atoms with Gasteiger partial charge in [0.15, 0.2) is 0 Å². The summed E-state index contributed by atoms with van der Waals surface area (Å²) in [4.78, 5) is 0. The van der Waals surface area contributed by atoms with Gasteiger partial charge in [0, 0.05) is 18.6 Å². The van der Waals surface area contributed by atoms with Crippen LogP contribution >= 0.6 is 0 Å². The van der Waals surface area contributed by atoms with Gasteiger partial charge >= 0.3 is 0 Å². The summed E-state index contributed by atoms with van der Waals surface area (Å²) < 4.78 is 5.49. The van der Waals surface area contributed by atoms with E-state index in [9.17, 15) is 0 Å². The van der Waals surface area contributed by atoms with Crippen molar-refractivity contribution in [2.24, 2.45) is 11.7 Å². The summed E-state index contributed by atoms with van der Waals surface area (Å²) in [6, 6.07) is 9.18. The molecule has 0 spiro atoms. The summed E-state index contributed by atoms with van der Waals surface area (Å²) in [5.74, 6) is 0.487. The normalized spacial score (nSPS) is 25.6. The molecule has 2 N–H and O–H groups in total. The third-order valence-corrected chi connectivity index (χ3v) is 3.46. The third-order valence-electron chi connectivity index (χ3n) is 3.46. The maximum Gasteiger partial charge on any atom is 0.0512 e. The lowest BCUT2D eigenvalue weighted by molar-refractivity contribution is 0.0422. The van der Waals surface area contributed by atoms with Gasteiger partial charge in [-0.3, -0.25) is 0 Å². The van der Waals surface area contributed by atoms with Crippen LogP contribution in [0.15, 0.2) is 24.3 Å². The van der Waals surface area contributed by atoms with E-state index >= 15 is 0 Å². The molecule has 88 valence electrons. The van der Waals surface area contributed by atoms with E-state index in [1.54, 1.807) is 0 Å². The van der Waals surface area contributed by atoms with Crippen molar-refractivity contribution in [1.82, 2.24) is 0 Å². The minimum atomic E-state index is 0.305. The fourth-order valence-electron chi connectivity index (χ4n) is 2.24. The van der Waals surface area contributed by atoms with Crippen molar-refractivity contribution in [3.05, 3.63) is 35.4 Å². The molecule has 1 fully saturated rings. The van der Waals surface area contributed by atoms with Crippen LogP contribution in [0, 0.1) is 5.92 Å². The van der Waals surface area contributed by atoms with E-state index in [-0.39, 0.29) is 0 Å². The minimum Gasteiger partial charge on any atom is -0.381 e. The Bertz CT molecular complexity index is 320. The van der Waals surface area contributed by atoms with Crippen LogP contribution in [0.25, 0.3) is 0 Å². The van der Waals surface area contributed by atoms with Gasteiger partial charge in [-0.1, -0.05) is 31.2 Å². The Balaban J connectivity index is 1.96. The van der Waals surface area contributed by atoms with Crippen LogP contribution in [0.1, 0.15) is 24.5 Å². The van der Waals surface area contributed by atoms with Crippen molar-refractivity contribution >= 4 is 0 Å². The Hall–Kier alpha value is -0.860. The minimum absolute atomic E-state index is 0.305. The fourth-order valence-corrected chi connectivity index (χ4v) is 2.24. The van der Waals surface area contributed by atoms with E-state index in [2.05, 4.69) is 31.2 Å². The summed E-state index contributed by atoms with van der Waals surface area (Å²) in [5.41, 5.74) is 8.88. The van der Waals surface area contributed by atoms with Crippen LogP contribution in [-0.2, 0) is 17.6 Å². The number of benzene rings is 1. The Morgan fingerprint density at radius 3 is 2.56 bits per heavy atom. The molecule has 2 nitrogen and oxygen atoms in total. The van der Waals surface area contributed by atoms with Gasteiger partial charge in [0.1, 0.15) is 0 Å². The summed E-state index contributed by atoms with van der Waals surface area (Å²) in [6.07, 6.45) is 3.15. The first-order valence-corrected chi connectivity index (χ1v) is 6.20. The molecular formula is C14H21NO. The van der Waals surface area contributed by atoms with E-state index in [0.717, 1.165) is 32.5 Å². The van der Waals surface area contributed by atoms with Gasteiger partial charge in [-0.25, -0.2) is 0 Å². The second-order valence-electron chi connectivity index (χ2n) is 4.66. The Kier molecular flexibility index (Phi) is 3.97. The average Bonchev–Trinajstić information content (AvgIpc) is 2.33. The van der Waals surface area contributed by atoms with Gasteiger partial charge in [0.05, 0.1) is 6.61 Å². The number of hydrogen-bond acceptors (Lipinski definition) is 2. The maximum atomic E-state index is 6.10. The number of aryl methyl sites for hydroxylation is 1. The van der Waals surface area contributed by atoms with Crippen molar-refractivity contribution in [1.29, 1.82) is 0 Å². The van der Waals surface area contributed by atoms with E-state index in [4.69, 9.17) is 10.5 Å². The summed E-state index contributed by atoms with van der Waals surface area (Å²) in [5, 5.41) is 0. The van der Waals surface area contributed by atoms with E-state index < -0.39 is 0 Å². The van der Waals surface area contributed by atoms with E-state index in [1.165, 1.54) is 11.1 Å². The predicted molar refractivity (Wildman–Crippen MR) is 66.4 cm³/mol. The zero-order valence-corrected chi connectivity index (χ0v) is 9.99. The van der Waals surface area contributed by atoms with Crippen molar-refractivity contribution in [2.75, 3.05) is 13.2 Å². The molecule has 2 atom stereocenters. The highest BCUT2D eigenvalue weighted by atomic mass is 16.5. The average molecular weight is 219 g/mol. The van der Waals surface area contributed by atoms with Gasteiger partial charge in [0.2, 0.25) is 0 Å². The van der Waals surface area contributed by atoms with Crippen LogP contribution in [0.5, 0.6) is 0 Å².